The molecule has 7 rings (SSSR count). The molecule has 52 heavy (non-hydrogen) atoms. The first kappa shape index (κ1) is 35.7. The lowest BCUT2D eigenvalue weighted by atomic mass is 9.71. The number of allylic oxidation sites excluding steroid dienone is 2. The van der Waals surface area contributed by atoms with Gasteiger partial charge >= 0.3 is 0 Å². The zero-order valence-electron chi connectivity index (χ0n) is 32.9. The Morgan fingerprint density at radius 1 is 0.885 bits per heavy atom. The Morgan fingerprint density at radius 2 is 1.65 bits per heavy atom. The highest BCUT2D eigenvalue weighted by molar-refractivity contribution is 6.09. The number of aryl methyl sites for hydroxylation is 2. The third-order valence-electron chi connectivity index (χ3n) is 11.1. The summed E-state index contributed by atoms with van der Waals surface area (Å²) in [6, 6.07) is 26.1. The zero-order valence-corrected chi connectivity index (χ0v) is 32.9. The van der Waals surface area contributed by atoms with Crippen LogP contribution in [0.4, 0.5) is 0 Å². The molecule has 0 amide bonds. The number of para-hydroxylation sites is 1. The molecule has 5 nitrogen and oxygen atoms in total. The molecule has 0 radical (unpaired) electrons. The summed E-state index contributed by atoms with van der Waals surface area (Å²) in [5.74, 6) is 4.40. The van der Waals surface area contributed by atoms with Gasteiger partial charge in [0.2, 0.25) is 0 Å². The second-order valence-corrected chi connectivity index (χ2v) is 16.8. The van der Waals surface area contributed by atoms with E-state index in [1.165, 1.54) is 51.6 Å². The van der Waals surface area contributed by atoms with Crippen molar-refractivity contribution >= 4 is 21.8 Å². The van der Waals surface area contributed by atoms with Crippen LogP contribution in [0.5, 0.6) is 11.5 Å². The molecule has 1 aliphatic rings. The number of ether oxygens (including phenoxy) is 1. The van der Waals surface area contributed by atoms with Gasteiger partial charge in [-0.3, -0.25) is 4.57 Å². The first-order chi connectivity index (χ1) is 24.8. The fourth-order valence-corrected chi connectivity index (χ4v) is 8.71. The number of pyridine rings is 1. The zero-order chi connectivity index (χ0) is 36.9. The van der Waals surface area contributed by atoms with E-state index in [1.54, 1.807) is 0 Å². The molecule has 0 aliphatic heterocycles. The summed E-state index contributed by atoms with van der Waals surface area (Å²) in [5, 5.41) is 7.69. The number of aromatic nitrogens is 4. The van der Waals surface area contributed by atoms with E-state index in [0.717, 1.165) is 52.6 Å². The van der Waals surface area contributed by atoms with Crippen molar-refractivity contribution < 1.29 is 4.74 Å². The van der Waals surface area contributed by atoms with E-state index in [0.29, 0.717) is 23.7 Å². The molecule has 1 aliphatic carbocycles. The van der Waals surface area contributed by atoms with Crippen LogP contribution in [-0.4, -0.2) is 19.3 Å². The van der Waals surface area contributed by atoms with Crippen molar-refractivity contribution in [3.8, 4) is 23.0 Å². The Labute approximate surface area is 310 Å². The summed E-state index contributed by atoms with van der Waals surface area (Å²) in [4.78, 5) is 4.87. The van der Waals surface area contributed by atoms with E-state index in [9.17, 15) is 0 Å². The van der Waals surface area contributed by atoms with E-state index < -0.39 is 0 Å². The Morgan fingerprint density at radius 3 is 2.38 bits per heavy atom. The molecule has 0 bridgehead atoms. The van der Waals surface area contributed by atoms with Gasteiger partial charge in [-0.2, -0.15) is 5.10 Å². The van der Waals surface area contributed by atoms with Crippen molar-refractivity contribution in [1.82, 2.24) is 19.3 Å². The van der Waals surface area contributed by atoms with Crippen LogP contribution < -0.4 is 4.74 Å². The molecule has 0 N–H and O–H groups in total. The maximum Gasteiger partial charge on any atom is 0.137 e. The summed E-state index contributed by atoms with van der Waals surface area (Å²) in [5.41, 5.74) is 11.0. The third-order valence-corrected chi connectivity index (χ3v) is 11.1. The van der Waals surface area contributed by atoms with Gasteiger partial charge in [0.1, 0.15) is 17.3 Å². The summed E-state index contributed by atoms with van der Waals surface area (Å²) < 4.78 is 11.4. The summed E-state index contributed by atoms with van der Waals surface area (Å²) in [6.45, 7) is 22.9. The van der Waals surface area contributed by atoms with Gasteiger partial charge in [-0.05, 0) is 110 Å². The van der Waals surface area contributed by atoms with Crippen molar-refractivity contribution in [1.29, 1.82) is 0 Å². The van der Waals surface area contributed by atoms with Gasteiger partial charge < -0.3 is 4.74 Å². The van der Waals surface area contributed by atoms with Crippen LogP contribution in [0.15, 0.2) is 90.6 Å². The number of unbranched alkanes of at least 4 members (excludes halogenated alkanes) is 1. The van der Waals surface area contributed by atoms with Crippen LogP contribution in [0.2, 0.25) is 0 Å². The second-order valence-electron chi connectivity index (χ2n) is 16.8. The molecule has 3 heterocycles. The van der Waals surface area contributed by atoms with Crippen LogP contribution in [0, 0.1) is 18.8 Å². The molecule has 0 saturated heterocycles. The van der Waals surface area contributed by atoms with Crippen molar-refractivity contribution in [3.63, 3.8) is 0 Å². The van der Waals surface area contributed by atoms with E-state index in [-0.39, 0.29) is 5.41 Å². The fraction of sp³-hybridized carbons (Fsp3) is 0.404. The minimum absolute atomic E-state index is 0.0880. The fourth-order valence-electron chi connectivity index (χ4n) is 8.71. The largest absolute Gasteiger partial charge is 0.457 e. The van der Waals surface area contributed by atoms with Gasteiger partial charge in [-0.1, -0.05) is 91.7 Å². The van der Waals surface area contributed by atoms with Gasteiger partial charge in [0.15, 0.2) is 0 Å². The van der Waals surface area contributed by atoms with E-state index in [4.69, 9.17) is 14.8 Å². The minimum Gasteiger partial charge on any atom is -0.457 e. The molecule has 0 unspecified atom stereocenters. The lowest BCUT2D eigenvalue weighted by molar-refractivity contribution is 0.389. The van der Waals surface area contributed by atoms with Crippen molar-refractivity contribution in [2.24, 2.45) is 11.8 Å². The number of hydrogen-bond acceptors (Lipinski definition) is 3. The van der Waals surface area contributed by atoms with E-state index >= 15 is 0 Å². The van der Waals surface area contributed by atoms with Crippen LogP contribution in [0.25, 0.3) is 33.3 Å². The molecule has 0 saturated carbocycles. The second kappa shape index (κ2) is 14.1. The Balaban J connectivity index is 1.35. The number of fused-ring (bicyclic) bond motifs is 3. The topological polar surface area (TPSA) is 44.9 Å². The highest BCUT2D eigenvalue weighted by atomic mass is 16.5. The average Bonchev–Trinajstić information content (AvgIpc) is 3.61. The van der Waals surface area contributed by atoms with Crippen molar-refractivity contribution in [3.05, 3.63) is 119 Å². The van der Waals surface area contributed by atoms with Crippen LogP contribution in [0.1, 0.15) is 121 Å². The maximum atomic E-state index is 6.86. The molecular weight excluding hydrogens is 637 g/mol. The molecule has 3 aromatic carbocycles. The average molecular weight is 693 g/mol. The normalized spacial score (nSPS) is 18.1. The number of rotatable bonds is 9. The molecule has 3 aromatic heterocycles. The van der Waals surface area contributed by atoms with Gasteiger partial charge in [0, 0.05) is 40.6 Å². The molecule has 5 heteroatoms. The summed E-state index contributed by atoms with van der Waals surface area (Å²) >= 11 is 0. The highest BCUT2D eigenvalue weighted by Gasteiger charge is 2.33. The molecule has 0 spiro atoms. The molecule has 270 valence electrons. The molecule has 6 aromatic rings. The molecule has 0 fully saturated rings. The first-order valence-electron chi connectivity index (χ1n) is 19.4. The van der Waals surface area contributed by atoms with Gasteiger partial charge in [-0.25, -0.2) is 9.67 Å². The standard InChI is InChI=1S/C47H56N4O/c1-11-12-15-34-20-21-48-43(24-34)50-41-17-14-13-16-39(41)40-19-18-37(28-42(40)50)52-38-26-35(47(8,9)10)25-36(27-38)51-46(29(2)3)45(33(7)49-51)44-31(5)22-30(4)23-32(44)6/h13-14,16-22,24-30,32,44H,11-12,15,23H2,1-10H3/t30-,32-,44-/m0/s1. The number of nitrogens with zero attached hydrogens (tertiary/aromatic N) is 4. The SMILES string of the molecule is CCCCc1ccnc(-n2c3ccccc3c3ccc(Oc4cc(-n5nc(C)c([C@H]6C(C)=C[C@H](C)C[C@@H]6C)c5C(C)C)cc(C(C)(C)C)c4)cc32)c1. The smallest absolute Gasteiger partial charge is 0.137 e. The predicted octanol–water partition coefficient (Wildman–Crippen LogP) is 12.9. The lowest BCUT2D eigenvalue weighted by Crippen LogP contribution is -2.21. The Hall–Kier alpha value is -4.64. The highest BCUT2D eigenvalue weighted by Crippen LogP contribution is 2.45. The quantitative estimate of drug-likeness (QED) is 0.142. The molecular formula is C47H56N4O. The summed E-state index contributed by atoms with van der Waals surface area (Å²) in [6.07, 6.45) is 9.01. The van der Waals surface area contributed by atoms with Crippen LogP contribution >= 0.6 is 0 Å². The van der Waals surface area contributed by atoms with E-state index in [2.05, 4.69) is 157 Å². The van der Waals surface area contributed by atoms with Gasteiger partial charge in [-0.15, -0.1) is 0 Å². The van der Waals surface area contributed by atoms with Gasteiger partial charge in [0.25, 0.3) is 0 Å². The minimum atomic E-state index is -0.0880. The Bertz CT molecular complexity index is 2280. The first-order valence-corrected chi connectivity index (χ1v) is 19.4. The number of hydrogen-bond donors (Lipinski definition) is 0. The lowest BCUT2D eigenvalue weighted by Gasteiger charge is -2.33. The van der Waals surface area contributed by atoms with Crippen LogP contribution in [-0.2, 0) is 11.8 Å². The van der Waals surface area contributed by atoms with Crippen molar-refractivity contribution in [2.75, 3.05) is 0 Å². The predicted molar refractivity (Wildman–Crippen MR) is 218 cm³/mol. The molecule has 3 atom stereocenters. The van der Waals surface area contributed by atoms with Crippen molar-refractivity contribution in [2.45, 2.75) is 112 Å². The maximum absolute atomic E-state index is 6.86. The number of benzene rings is 3. The van der Waals surface area contributed by atoms with Crippen LogP contribution in [0.3, 0.4) is 0 Å². The van der Waals surface area contributed by atoms with Gasteiger partial charge in [0.05, 0.1) is 28.1 Å². The monoisotopic (exact) mass is 692 g/mol. The Kier molecular flexibility index (Phi) is 9.67. The third kappa shape index (κ3) is 6.71. The van der Waals surface area contributed by atoms with E-state index in [1.807, 2.05) is 6.20 Å². The summed E-state index contributed by atoms with van der Waals surface area (Å²) in [7, 11) is 0.